The number of halogens is 1. The maximum atomic E-state index is 13.2. The Hall–Kier alpha value is -2.26. The molecule has 0 unspecified atom stereocenters. The van der Waals surface area contributed by atoms with Crippen LogP contribution in [0.2, 0.25) is 0 Å². The number of benzene rings is 1. The van der Waals surface area contributed by atoms with Gasteiger partial charge in [0.25, 0.3) is 0 Å². The van der Waals surface area contributed by atoms with E-state index in [1.165, 1.54) is 28.2 Å². The third kappa shape index (κ3) is 2.60. The van der Waals surface area contributed by atoms with Crippen LogP contribution in [0.4, 0.5) is 15.2 Å². The van der Waals surface area contributed by atoms with Crippen molar-refractivity contribution in [3.63, 3.8) is 0 Å². The zero-order valence-corrected chi connectivity index (χ0v) is 13.4. The fourth-order valence-corrected chi connectivity index (χ4v) is 3.01. The Morgan fingerprint density at radius 1 is 1.36 bits per heavy atom. The molecular weight excluding hydrogens is 323 g/mol. The molecule has 0 aliphatic carbocycles. The molecule has 2 aromatic heterocycles. The van der Waals surface area contributed by atoms with E-state index in [0.29, 0.717) is 27.7 Å². The van der Waals surface area contributed by atoms with Crippen molar-refractivity contribution in [2.24, 2.45) is 16.0 Å². The molecule has 3 rings (SSSR count). The maximum Gasteiger partial charge on any atom is 0.231 e. The Morgan fingerprint density at radius 2 is 2.14 bits per heavy atom. The zero-order chi connectivity index (χ0) is 15.9. The van der Waals surface area contributed by atoms with Crippen LogP contribution in [0, 0.1) is 19.7 Å². The van der Waals surface area contributed by atoms with Gasteiger partial charge in [-0.25, -0.2) is 14.1 Å². The molecular formula is C13H11FN6S2. The Balaban J connectivity index is 1.97. The summed E-state index contributed by atoms with van der Waals surface area (Å²) in [6.07, 6.45) is 0. The van der Waals surface area contributed by atoms with E-state index < -0.39 is 0 Å². The van der Waals surface area contributed by atoms with Crippen molar-refractivity contribution >= 4 is 49.7 Å². The number of aromatic nitrogens is 3. The van der Waals surface area contributed by atoms with Crippen molar-refractivity contribution in [3.05, 3.63) is 35.4 Å². The number of fused-ring (bicyclic) bond motifs is 1. The Bertz CT molecular complexity index is 911. The van der Waals surface area contributed by atoms with Gasteiger partial charge in [0.05, 0.1) is 21.6 Å². The molecule has 22 heavy (non-hydrogen) atoms. The molecule has 0 fully saturated rings. The first-order valence-electron chi connectivity index (χ1n) is 6.29. The summed E-state index contributed by atoms with van der Waals surface area (Å²) in [6.45, 7) is 3.60. The number of hydrogen-bond acceptors (Lipinski definition) is 6. The van der Waals surface area contributed by atoms with E-state index in [1.54, 1.807) is 19.9 Å². The Kier molecular flexibility index (Phi) is 3.67. The van der Waals surface area contributed by atoms with Gasteiger partial charge < -0.3 is 5.73 Å². The molecule has 0 saturated heterocycles. The van der Waals surface area contributed by atoms with Crippen LogP contribution >= 0.6 is 23.6 Å². The average Bonchev–Trinajstić information content (AvgIpc) is 2.97. The molecule has 0 aliphatic rings. The molecule has 0 atom stereocenters. The third-order valence-electron chi connectivity index (χ3n) is 3.04. The quantitative estimate of drug-likeness (QED) is 0.571. The van der Waals surface area contributed by atoms with E-state index in [9.17, 15) is 4.39 Å². The van der Waals surface area contributed by atoms with Crippen molar-refractivity contribution in [2.45, 2.75) is 13.8 Å². The molecule has 0 spiro atoms. The molecule has 0 radical (unpaired) electrons. The fourth-order valence-electron chi connectivity index (χ4n) is 2.02. The van der Waals surface area contributed by atoms with Crippen LogP contribution in [0.25, 0.3) is 10.2 Å². The molecule has 9 heteroatoms. The predicted molar refractivity (Wildman–Crippen MR) is 87.6 cm³/mol. The summed E-state index contributed by atoms with van der Waals surface area (Å²) < 4.78 is 15.3. The molecule has 2 N–H and O–H groups in total. The second-order valence-electron chi connectivity index (χ2n) is 4.58. The molecule has 2 heterocycles. The van der Waals surface area contributed by atoms with E-state index in [1.807, 2.05) is 0 Å². The number of rotatable bonds is 2. The lowest BCUT2D eigenvalue weighted by Crippen LogP contribution is -2.21. The van der Waals surface area contributed by atoms with Gasteiger partial charge in [-0.05, 0) is 44.3 Å². The second kappa shape index (κ2) is 5.50. The minimum atomic E-state index is -0.302. The fraction of sp³-hybridized carbons (Fsp3) is 0.154. The van der Waals surface area contributed by atoms with E-state index in [2.05, 4.69) is 20.3 Å². The first kappa shape index (κ1) is 14.7. The van der Waals surface area contributed by atoms with E-state index in [0.717, 1.165) is 4.70 Å². The Labute approximate surface area is 134 Å². The number of nitrogens with two attached hydrogens (primary N) is 1. The van der Waals surface area contributed by atoms with E-state index >= 15 is 0 Å². The van der Waals surface area contributed by atoms with Crippen LogP contribution in [0.1, 0.15) is 11.4 Å². The van der Waals surface area contributed by atoms with Gasteiger partial charge >= 0.3 is 0 Å². The van der Waals surface area contributed by atoms with Gasteiger partial charge in [0, 0.05) is 0 Å². The van der Waals surface area contributed by atoms with Gasteiger partial charge in [-0.1, -0.05) is 11.3 Å². The van der Waals surface area contributed by atoms with Crippen LogP contribution in [-0.2, 0) is 0 Å². The molecule has 0 saturated carbocycles. The standard InChI is InChI=1S/C13H11FN6S2/c1-6-11(7(2)20(19-6)12(15)21)17-18-13-16-9-4-3-8(14)5-10(9)22-13/h3-5H,1-2H3,(H2,15,21). The normalized spacial score (nSPS) is 11.6. The number of thiazole rings is 1. The minimum Gasteiger partial charge on any atom is -0.374 e. The number of hydrogen-bond donors (Lipinski definition) is 1. The highest BCUT2D eigenvalue weighted by Gasteiger charge is 2.13. The van der Waals surface area contributed by atoms with Crippen LogP contribution in [0.15, 0.2) is 28.4 Å². The van der Waals surface area contributed by atoms with Crippen molar-refractivity contribution in [3.8, 4) is 0 Å². The second-order valence-corrected chi connectivity index (χ2v) is 6.01. The number of nitrogens with zero attached hydrogens (tertiary/aromatic N) is 5. The summed E-state index contributed by atoms with van der Waals surface area (Å²) >= 11 is 6.18. The molecule has 0 aliphatic heterocycles. The van der Waals surface area contributed by atoms with Gasteiger partial charge in [0.2, 0.25) is 5.13 Å². The summed E-state index contributed by atoms with van der Waals surface area (Å²) in [6, 6.07) is 4.40. The summed E-state index contributed by atoms with van der Waals surface area (Å²) in [5.41, 5.74) is 8.24. The first-order chi connectivity index (χ1) is 10.5. The van der Waals surface area contributed by atoms with Crippen LogP contribution in [0.3, 0.4) is 0 Å². The van der Waals surface area contributed by atoms with E-state index in [4.69, 9.17) is 18.0 Å². The summed E-state index contributed by atoms with van der Waals surface area (Å²) in [7, 11) is 0. The lowest BCUT2D eigenvalue weighted by Gasteiger charge is -1.98. The molecule has 0 bridgehead atoms. The summed E-state index contributed by atoms with van der Waals surface area (Å²) in [4.78, 5) is 4.28. The largest absolute Gasteiger partial charge is 0.374 e. The van der Waals surface area contributed by atoms with Gasteiger partial charge in [0.1, 0.15) is 11.5 Å². The van der Waals surface area contributed by atoms with Crippen LogP contribution < -0.4 is 5.73 Å². The maximum absolute atomic E-state index is 13.2. The summed E-state index contributed by atoms with van der Waals surface area (Å²) in [5, 5.41) is 13.1. The highest BCUT2D eigenvalue weighted by Crippen LogP contribution is 2.31. The van der Waals surface area contributed by atoms with Crippen LogP contribution in [0.5, 0.6) is 0 Å². The first-order valence-corrected chi connectivity index (χ1v) is 7.52. The number of thiocarbonyl (C=S) groups is 1. The Morgan fingerprint density at radius 3 is 2.82 bits per heavy atom. The predicted octanol–water partition coefficient (Wildman–Crippen LogP) is 3.76. The van der Waals surface area contributed by atoms with Crippen LogP contribution in [-0.4, -0.2) is 19.9 Å². The highest BCUT2D eigenvalue weighted by molar-refractivity contribution is 7.80. The van der Waals surface area contributed by atoms with Gasteiger partial charge in [0.15, 0.2) is 5.11 Å². The van der Waals surface area contributed by atoms with Crippen molar-refractivity contribution in [1.82, 2.24) is 14.8 Å². The smallest absolute Gasteiger partial charge is 0.231 e. The average molecular weight is 334 g/mol. The highest BCUT2D eigenvalue weighted by atomic mass is 32.1. The van der Waals surface area contributed by atoms with Gasteiger partial charge in [-0.2, -0.15) is 5.10 Å². The topological polar surface area (TPSA) is 81.5 Å². The third-order valence-corrected chi connectivity index (χ3v) is 4.11. The summed E-state index contributed by atoms with van der Waals surface area (Å²) in [5.74, 6) is -0.302. The number of aryl methyl sites for hydroxylation is 1. The molecule has 3 aromatic rings. The number of azo groups is 1. The van der Waals surface area contributed by atoms with E-state index in [-0.39, 0.29) is 10.9 Å². The van der Waals surface area contributed by atoms with Crippen molar-refractivity contribution in [1.29, 1.82) is 0 Å². The van der Waals surface area contributed by atoms with Crippen molar-refractivity contribution < 1.29 is 4.39 Å². The van der Waals surface area contributed by atoms with Gasteiger partial charge in [-0.15, -0.1) is 10.2 Å². The van der Waals surface area contributed by atoms with Crippen molar-refractivity contribution in [2.75, 3.05) is 0 Å². The monoisotopic (exact) mass is 334 g/mol. The SMILES string of the molecule is Cc1nn(C(N)=S)c(C)c1N=Nc1nc2ccc(F)cc2s1. The van der Waals surface area contributed by atoms with Gasteiger partial charge in [-0.3, -0.25) is 0 Å². The lowest BCUT2D eigenvalue weighted by molar-refractivity contribution is 0.630. The molecule has 112 valence electrons. The zero-order valence-electron chi connectivity index (χ0n) is 11.7. The molecule has 0 amide bonds. The molecule has 6 nitrogen and oxygen atoms in total. The molecule has 1 aromatic carbocycles. The minimum absolute atomic E-state index is 0.150. The lowest BCUT2D eigenvalue weighted by atomic mass is 10.3.